The summed E-state index contributed by atoms with van der Waals surface area (Å²) in [5.41, 5.74) is 0. The van der Waals surface area contributed by atoms with Gasteiger partial charge in [0.25, 0.3) is 0 Å². The van der Waals surface area contributed by atoms with Crippen LogP contribution in [0.4, 0.5) is 0 Å². The Hall–Kier alpha value is -0.380. The first-order chi connectivity index (χ1) is 7.47. The number of thioether (sulfide) groups is 1. The van der Waals surface area contributed by atoms with E-state index in [-0.39, 0.29) is 0 Å². The van der Waals surface area contributed by atoms with E-state index >= 15 is 0 Å². The van der Waals surface area contributed by atoms with Gasteiger partial charge >= 0.3 is 0 Å². The number of aliphatic imine (C=N–C) groups is 1. The van der Waals surface area contributed by atoms with E-state index < -0.39 is 0 Å². The van der Waals surface area contributed by atoms with Gasteiger partial charge in [0.15, 0.2) is 5.96 Å². The molecule has 0 amide bonds. The Balaban J connectivity index is 4.27. The van der Waals surface area contributed by atoms with Crippen molar-refractivity contribution in [3.05, 3.63) is 0 Å². The van der Waals surface area contributed by atoms with Gasteiger partial charge in [0.05, 0.1) is 0 Å². The molecule has 0 rings (SSSR count). The minimum Gasteiger partial charge on any atom is -0.354 e. The minimum absolute atomic E-state index is 0.337. The second-order valence-corrected chi connectivity index (χ2v) is 5.60. The van der Waals surface area contributed by atoms with Crippen molar-refractivity contribution in [3.63, 3.8) is 0 Å². The van der Waals surface area contributed by atoms with E-state index in [9.17, 15) is 0 Å². The summed E-state index contributed by atoms with van der Waals surface area (Å²) in [7, 11) is 2.11. The highest BCUT2D eigenvalue weighted by Crippen LogP contribution is 1.99. The summed E-state index contributed by atoms with van der Waals surface area (Å²) in [6.45, 7) is 9.57. The molecule has 0 spiro atoms. The summed E-state index contributed by atoms with van der Waals surface area (Å²) in [5, 5.41) is 3.41. The fourth-order valence-electron chi connectivity index (χ4n) is 1.30. The van der Waals surface area contributed by atoms with Crippen molar-refractivity contribution in [1.29, 1.82) is 0 Å². The molecule has 0 atom stereocenters. The largest absolute Gasteiger partial charge is 0.354 e. The highest BCUT2D eigenvalue weighted by molar-refractivity contribution is 7.98. The molecule has 1 N–H and O–H groups in total. The lowest BCUT2D eigenvalue weighted by Crippen LogP contribution is -2.43. The molecule has 0 aliphatic carbocycles. The molecule has 0 unspecified atom stereocenters. The van der Waals surface area contributed by atoms with E-state index in [4.69, 9.17) is 0 Å². The molecule has 0 saturated heterocycles. The molecule has 0 bridgehead atoms. The van der Waals surface area contributed by atoms with Crippen LogP contribution in [0.1, 0.15) is 34.1 Å². The molecule has 0 radical (unpaired) electrons. The van der Waals surface area contributed by atoms with Crippen LogP contribution >= 0.6 is 11.8 Å². The van der Waals surface area contributed by atoms with Crippen molar-refractivity contribution in [2.75, 3.05) is 25.6 Å². The standard InChI is InChI=1S/C12H27N3S/c1-10(2)13-12(14-11(3)4)15(5)8-7-9-16-6/h10-11H,7-9H2,1-6H3,(H,13,14). The number of nitrogens with one attached hydrogen (secondary N) is 1. The van der Waals surface area contributed by atoms with Crippen molar-refractivity contribution in [3.8, 4) is 0 Å². The monoisotopic (exact) mass is 245 g/mol. The summed E-state index contributed by atoms with van der Waals surface area (Å²) in [5.74, 6) is 2.23. The third-order valence-electron chi connectivity index (χ3n) is 2.00. The number of guanidine groups is 1. The van der Waals surface area contributed by atoms with Crippen molar-refractivity contribution in [1.82, 2.24) is 10.2 Å². The van der Waals surface area contributed by atoms with Crippen molar-refractivity contribution in [2.24, 2.45) is 4.99 Å². The second kappa shape index (κ2) is 8.74. The Kier molecular flexibility index (Phi) is 8.53. The van der Waals surface area contributed by atoms with Crippen LogP contribution in [0, 0.1) is 0 Å². The number of rotatable bonds is 6. The predicted molar refractivity (Wildman–Crippen MR) is 76.5 cm³/mol. The molecular formula is C12H27N3S. The predicted octanol–water partition coefficient (Wildman–Crippen LogP) is 2.43. The molecule has 0 aliphatic rings. The topological polar surface area (TPSA) is 27.6 Å². The zero-order chi connectivity index (χ0) is 12.6. The fourth-order valence-corrected chi connectivity index (χ4v) is 1.72. The second-order valence-electron chi connectivity index (χ2n) is 4.61. The average Bonchev–Trinajstić information content (AvgIpc) is 2.15. The van der Waals surface area contributed by atoms with Crippen LogP contribution in [0.3, 0.4) is 0 Å². The third kappa shape index (κ3) is 7.85. The van der Waals surface area contributed by atoms with Gasteiger partial charge in [-0.25, -0.2) is 0 Å². The van der Waals surface area contributed by atoms with Crippen LogP contribution in [0.25, 0.3) is 0 Å². The van der Waals surface area contributed by atoms with Gasteiger partial charge in [-0.1, -0.05) is 0 Å². The Labute approximate surface area is 105 Å². The molecule has 0 aromatic rings. The van der Waals surface area contributed by atoms with Crippen LogP contribution in [0.2, 0.25) is 0 Å². The molecular weight excluding hydrogens is 218 g/mol. The van der Waals surface area contributed by atoms with Crippen LogP contribution in [0.15, 0.2) is 4.99 Å². The molecule has 0 aliphatic heterocycles. The Morgan fingerprint density at radius 1 is 1.31 bits per heavy atom. The van der Waals surface area contributed by atoms with Gasteiger partial charge in [-0.2, -0.15) is 11.8 Å². The smallest absolute Gasteiger partial charge is 0.194 e. The first-order valence-corrected chi connectivity index (χ1v) is 7.41. The highest BCUT2D eigenvalue weighted by Gasteiger charge is 2.08. The lowest BCUT2D eigenvalue weighted by molar-refractivity contribution is 0.467. The van der Waals surface area contributed by atoms with E-state index in [1.807, 2.05) is 11.8 Å². The number of nitrogens with zero attached hydrogens (tertiary/aromatic N) is 2. The maximum atomic E-state index is 4.62. The summed E-state index contributed by atoms with van der Waals surface area (Å²) in [6, 6.07) is 0.768. The molecule has 0 aromatic carbocycles. The summed E-state index contributed by atoms with van der Waals surface area (Å²) in [4.78, 5) is 6.84. The molecule has 0 aromatic heterocycles. The van der Waals surface area contributed by atoms with Gasteiger partial charge in [-0.15, -0.1) is 0 Å². The Bertz CT molecular complexity index is 202. The van der Waals surface area contributed by atoms with E-state index in [1.54, 1.807) is 0 Å². The van der Waals surface area contributed by atoms with Gasteiger partial charge in [0, 0.05) is 25.7 Å². The molecule has 96 valence electrons. The van der Waals surface area contributed by atoms with Gasteiger partial charge in [0.2, 0.25) is 0 Å². The van der Waals surface area contributed by atoms with Gasteiger partial charge in [0.1, 0.15) is 0 Å². The maximum Gasteiger partial charge on any atom is 0.194 e. The van der Waals surface area contributed by atoms with E-state index in [1.165, 1.54) is 12.2 Å². The zero-order valence-electron chi connectivity index (χ0n) is 11.6. The summed E-state index contributed by atoms with van der Waals surface area (Å²) in [6.07, 6.45) is 3.35. The minimum atomic E-state index is 0.337. The quantitative estimate of drug-likeness (QED) is 0.442. The van der Waals surface area contributed by atoms with Gasteiger partial charge in [-0.05, 0) is 46.1 Å². The van der Waals surface area contributed by atoms with Crippen molar-refractivity contribution < 1.29 is 0 Å². The fraction of sp³-hybridized carbons (Fsp3) is 0.917. The first-order valence-electron chi connectivity index (χ1n) is 6.01. The van der Waals surface area contributed by atoms with Crippen molar-refractivity contribution >= 4 is 17.7 Å². The molecule has 0 heterocycles. The normalized spacial score (nSPS) is 12.4. The number of hydrogen-bond donors (Lipinski definition) is 1. The summed E-state index contributed by atoms with van der Waals surface area (Å²) < 4.78 is 0. The van der Waals surface area contributed by atoms with E-state index in [0.29, 0.717) is 12.1 Å². The zero-order valence-corrected chi connectivity index (χ0v) is 12.4. The molecule has 4 heteroatoms. The van der Waals surface area contributed by atoms with Crippen molar-refractivity contribution in [2.45, 2.75) is 46.2 Å². The first kappa shape index (κ1) is 15.6. The molecule has 3 nitrogen and oxygen atoms in total. The van der Waals surface area contributed by atoms with Crippen LogP contribution < -0.4 is 5.32 Å². The maximum absolute atomic E-state index is 4.62. The lowest BCUT2D eigenvalue weighted by atomic mass is 10.4. The van der Waals surface area contributed by atoms with Crippen LogP contribution in [0.5, 0.6) is 0 Å². The SMILES string of the molecule is CSCCCN(C)C(=NC(C)C)NC(C)C. The molecule has 0 fully saturated rings. The van der Waals surface area contributed by atoms with Crippen LogP contribution in [-0.2, 0) is 0 Å². The van der Waals surface area contributed by atoms with Gasteiger partial charge < -0.3 is 10.2 Å². The van der Waals surface area contributed by atoms with Crippen LogP contribution in [-0.4, -0.2) is 48.5 Å². The Morgan fingerprint density at radius 3 is 2.38 bits per heavy atom. The molecule has 0 saturated carbocycles. The highest BCUT2D eigenvalue weighted by atomic mass is 32.2. The van der Waals surface area contributed by atoms with Gasteiger partial charge in [-0.3, -0.25) is 4.99 Å². The number of hydrogen-bond acceptors (Lipinski definition) is 2. The Morgan fingerprint density at radius 2 is 1.94 bits per heavy atom. The average molecular weight is 245 g/mol. The molecule has 16 heavy (non-hydrogen) atoms. The third-order valence-corrected chi connectivity index (χ3v) is 2.70. The lowest BCUT2D eigenvalue weighted by Gasteiger charge is -2.24. The van der Waals surface area contributed by atoms with E-state index in [2.05, 4.69) is 56.2 Å². The van der Waals surface area contributed by atoms with E-state index in [0.717, 1.165) is 12.5 Å². The summed E-state index contributed by atoms with van der Waals surface area (Å²) >= 11 is 1.90.